The first-order chi connectivity index (χ1) is 14.1. The van der Waals surface area contributed by atoms with Crippen molar-refractivity contribution in [1.82, 2.24) is 8.61 Å². The molecule has 0 aromatic heterocycles. The number of hydrogen-bond acceptors (Lipinski definition) is 6. The molecule has 2 aromatic rings. The fraction of sp³-hybridized carbons (Fsp3) is 0.400. The van der Waals surface area contributed by atoms with E-state index in [-0.39, 0.29) is 42.8 Å². The molecule has 8 nitrogen and oxygen atoms in total. The highest BCUT2D eigenvalue weighted by atomic mass is 32.2. The second kappa shape index (κ2) is 7.70. The van der Waals surface area contributed by atoms with E-state index in [0.717, 1.165) is 19.7 Å². The number of nitrogens with zero attached hydrogens (tertiary/aromatic N) is 2. The molecule has 2 aromatic carbocycles. The lowest BCUT2D eigenvalue weighted by Gasteiger charge is -2.42. The first-order valence-corrected chi connectivity index (χ1v) is 12.4. The second-order valence-electron chi connectivity index (χ2n) is 7.61. The largest absolute Gasteiger partial charge is 0.345 e. The second-order valence-corrected chi connectivity index (χ2v) is 11.5. The van der Waals surface area contributed by atoms with Crippen molar-refractivity contribution in [3.63, 3.8) is 0 Å². The van der Waals surface area contributed by atoms with Crippen molar-refractivity contribution in [3.05, 3.63) is 59.7 Å². The summed E-state index contributed by atoms with van der Waals surface area (Å²) in [5.41, 5.74) is 1.85. The summed E-state index contributed by atoms with van der Waals surface area (Å²) in [5, 5.41) is 0. The maximum absolute atomic E-state index is 13.3. The zero-order chi connectivity index (χ0) is 21.6. The van der Waals surface area contributed by atoms with Gasteiger partial charge < -0.3 is 9.47 Å². The monoisotopic (exact) mass is 452 g/mol. The zero-order valence-corrected chi connectivity index (χ0v) is 18.4. The molecule has 2 fully saturated rings. The van der Waals surface area contributed by atoms with Gasteiger partial charge in [-0.05, 0) is 38.1 Å². The molecule has 0 aliphatic carbocycles. The van der Waals surface area contributed by atoms with Crippen LogP contribution in [-0.2, 0) is 29.5 Å². The maximum Gasteiger partial charge on any atom is 0.244 e. The minimum atomic E-state index is -3.96. The molecule has 2 saturated heterocycles. The molecule has 0 radical (unpaired) electrons. The fourth-order valence-electron chi connectivity index (χ4n) is 3.58. The van der Waals surface area contributed by atoms with E-state index in [0.29, 0.717) is 0 Å². The Bertz CT molecular complexity index is 1040. The van der Waals surface area contributed by atoms with Crippen molar-refractivity contribution >= 4 is 20.0 Å². The molecule has 4 rings (SSSR count). The predicted molar refractivity (Wildman–Crippen MR) is 110 cm³/mol. The molecule has 30 heavy (non-hydrogen) atoms. The number of sulfonamides is 2. The van der Waals surface area contributed by atoms with Crippen LogP contribution in [0, 0.1) is 13.8 Å². The Morgan fingerprint density at radius 2 is 1.07 bits per heavy atom. The van der Waals surface area contributed by atoms with Gasteiger partial charge in [0.1, 0.15) is 0 Å². The van der Waals surface area contributed by atoms with Crippen LogP contribution in [-0.4, -0.2) is 64.2 Å². The van der Waals surface area contributed by atoms with Gasteiger partial charge >= 0.3 is 0 Å². The average molecular weight is 453 g/mol. The maximum atomic E-state index is 13.3. The summed E-state index contributed by atoms with van der Waals surface area (Å²) in [6.07, 6.45) is 0. The van der Waals surface area contributed by atoms with Crippen molar-refractivity contribution < 1.29 is 26.3 Å². The van der Waals surface area contributed by atoms with Crippen molar-refractivity contribution in [2.45, 2.75) is 29.4 Å². The Balaban J connectivity index is 1.72. The summed E-state index contributed by atoms with van der Waals surface area (Å²) in [6.45, 7) is 3.80. The van der Waals surface area contributed by atoms with Crippen molar-refractivity contribution in [2.75, 3.05) is 33.0 Å². The average Bonchev–Trinajstić information content (AvgIpc) is 3.15. The third-order valence-electron chi connectivity index (χ3n) is 5.28. The summed E-state index contributed by atoms with van der Waals surface area (Å²) in [7, 11) is -7.91. The number of hydrogen-bond donors (Lipinski definition) is 0. The van der Waals surface area contributed by atoms with Crippen LogP contribution in [0.25, 0.3) is 0 Å². The fourth-order valence-corrected chi connectivity index (χ4v) is 6.53. The van der Waals surface area contributed by atoms with Gasteiger partial charge in [0.05, 0.1) is 42.8 Å². The third kappa shape index (κ3) is 3.91. The van der Waals surface area contributed by atoms with Gasteiger partial charge in [-0.25, -0.2) is 16.8 Å². The lowest BCUT2D eigenvalue weighted by molar-refractivity contribution is -0.186. The van der Waals surface area contributed by atoms with Gasteiger partial charge in [-0.15, -0.1) is 0 Å². The van der Waals surface area contributed by atoms with Gasteiger partial charge in [0.2, 0.25) is 20.0 Å². The number of rotatable bonds is 4. The van der Waals surface area contributed by atoms with E-state index in [2.05, 4.69) is 0 Å². The Hall–Kier alpha value is -1.82. The Morgan fingerprint density at radius 1 is 0.700 bits per heavy atom. The molecule has 0 unspecified atom stereocenters. The molecule has 2 aliphatic rings. The highest BCUT2D eigenvalue weighted by Crippen LogP contribution is 2.32. The molecule has 1 spiro atoms. The Kier molecular flexibility index (Phi) is 5.50. The smallest absolute Gasteiger partial charge is 0.244 e. The number of ether oxygens (including phenoxy) is 2. The predicted octanol–water partition coefficient (Wildman–Crippen LogP) is 1.70. The van der Waals surface area contributed by atoms with Gasteiger partial charge in [0.15, 0.2) is 5.79 Å². The van der Waals surface area contributed by atoms with Crippen molar-refractivity contribution in [1.29, 1.82) is 0 Å². The molecule has 2 heterocycles. The Morgan fingerprint density at radius 3 is 1.43 bits per heavy atom. The summed E-state index contributed by atoms with van der Waals surface area (Å²) >= 11 is 0. The highest BCUT2D eigenvalue weighted by molar-refractivity contribution is 7.90. The van der Waals surface area contributed by atoms with Crippen LogP contribution < -0.4 is 0 Å². The third-order valence-corrected chi connectivity index (χ3v) is 8.87. The van der Waals surface area contributed by atoms with E-state index in [9.17, 15) is 16.8 Å². The van der Waals surface area contributed by atoms with Crippen LogP contribution in [0.1, 0.15) is 11.1 Å². The molecule has 2 aliphatic heterocycles. The molecule has 0 N–H and O–H groups in total. The first-order valence-electron chi connectivity index (χ1n) is 9.54. The quantitative estimate of drug-likeness (QED) is 0.701. The SMILES string of the molecule is Cc1ccc(S(=O)(=O)N2CN(S(=O)(=O)c3ccc(C)cc3)CC3(C2)OCCO3)cc1. The molecule has 0 bridgehead atoms. The summed E-state index contributed by atoms with van der Waals surface area (Å²) in [6, 6.07) is 12.9. The molecule has 0 saturated carbocycles. The van der Waals surface area contributed by atoms with Crippen LogP contribution in [0.4, 0.5) is 0 Å². The molecule has 10 heteroatoms. The normalized spacial score (nSPS) is 20.6. The summed E-state index contributed by atoms with van der Waals surface area (Å²) < 4.78 is 66.8. The number of benzene rings is 2. The van der Waals surface area contributed by atoms with E-state index in [1.165, 1.54) is 24.3 Å². The van der Waals surface area contributed by atoms with Crippen LogP contribution in [0.15, 0.2) is 58.3 Å². The standard InChI is InChI=1S/C20H24N2O6S2/c1-16-3-7-18(8-4-16)29(23,24)21-13-20(27-11-12-28-20)14-22(15-21)30(25,26)19-9-5-17(2)6-10-19/h3-10H,11-15H2,1-2H3. The Labute approximate surface area is 177 Å². The van der Waals surface area contributed by atoms with E-state index in [1.54, 1.807) is 24.3 Å². The van der Waals surface area contributed by atoms with E-state index in [1.807, 2.05) is 13.8 Å². The lowest BCUT2D eigenvalue weighted by atomic mass is 10.2. The van der Waals surface area contributed by atoms with Crippen molar-refractivity contribution in [2.24, 2.45) is 0 Å². The minimum absolute atomic E-state index is 0.0802. The summed E-state index contributed by atoms with van der Waals surface area (Å²) in [4.78, 5) is 0.187. The summed E-state index contributed by atoms with van der Waals surface area (Å²) in [5.74, 6) is -1.33. The molecule has 0 amide bonds. The van der Waals surface area contributed by atoms with Crippen LogP contribution in [0.3, 0.4) is 0 Å². The zero-order valence-electron chi connectivity index (χ0n) is 16.8. The van der Waals surface area contributed by atoms with Gasteiger partial charge in [-0.2, -0.15) is 8.61 Å². The van der Waals surface area contributed by atoms with Gasteiger partial charge in [0, 0.05) is 0 Å². The van der Waals surface area contributed by atoms with E-state index >= 15 is 0 Å². The van der Waals surface area contributed by atoms with Crippen LogP contribution in [0.2, 0.25) is 0 Å². The molecular formula is C20H24N2O6S2. The van der Waals surface area contributed by atoms with Gasteiger partial charge in [-0.1, -0.05) is 35.4 Å². The first kappa shape index (κ1) is 21.4. The topological polar surface area (TPSA) is 93.2 Å². The highest BCUT2D eigenvalue weighted by Gasteiger charge is 2.50. The van der Waals surface area contributed by atoms with Gasteiger partial charge in [0.25, 0.3) is 0 Å². The molecule has 0 atom stereocenters. The number of aryl methyl sites for hydroxylation is 2. The van der Waals surface area contributed by atoms with E-state index < -0.39 is 25.8 Å². The molecular weight excluding hydrogens is 428 g/mol. The lowest BCUT2D eigenvalue weighted by Crippen LogP contribution is -2.62. The van der Waals surface area contributed by atoms with Crippen LogP contribution >= 0.6 is 0 Å². The van der Waals surface area contributed by atoms with Crippen molar-refractivity contribution in [3.8, 4) is 0 Å². The van der Waals surface area contributed by atoms with Gasteiger partial charge in [-0.3, -0.25) is 0 Å². The molecule has 162 valence electrons. The minimum Gasteiger partial charge on any atom is -0.345 e. The van der Waals surface area contributed by atoms with E-state index in [4.69, 9.17) is 9.47 Å². The van der Waals surface area contributed by atoms with Crippen LogP contribution in [0.5, 0.6) is 0 Å².